The van der Waals surface area contributed by atoms with E-state index in [-0.39, 0.29) is 35.6 Å². The number of nitrogens with one attached hydrogen (secondary N) is 1. The molecule has 0 aliphatic heterocycles. The van der Waals surface area contributed by atoms with Gasteiger partial charge >= 0.3 is 6.18 Å². The zero-order valence-electron chi connectivity index (χ0n) is 15.1. The molecule has 1 heterocycles. The number of hydrogen-bond acceptors (Lipinski definition) is 4. The van der Waals surface area contributed by atoms with E-state index in [1.54, 1.807) is 24.3 Å². The summed E-state index contributed by atoms with van der Waals surface area (Å²) in [6.07, 6.45) is -4.76. The number of hydrogen-bond donors (Lipinski definition) is 2. The second kappa shape index (κ2) is 8.26. The molecular weight excluding hydrogens is 407 g/mol. The lowest BCUT2D eigenvalue weighted by Gasteiger charge is -2.13. The summed E-state index contributed by atoms with van der Waals surface area (Å²) in [6.45, 7) is -0.554. The molecular formula is C19H18F3N3O3S. The number of alkyl halides is 3. The maximum Gasteiger partial charge on any atom is 0.433 e. The van der Waals surface area contributed by atoms with Crippen LogP contribution in [0.2, 0.25) is 0 Å². The predicted molar refractivity (Wildman–Crippen MR) is 102 cm³/mol. The summed E-state index contributed by atoms with van der Waals surface area (Å²) in [5, 5.41) is 12.9. The van der Waals surface area contributed by atoms with Crippen molar-refractivity contribution in [1.29, 1.82) is 0 Å². The Morgan fingerprint density at radius 1 is 1.00 bits per heavy atom. The molecule has 10 heteroatoms. The van der Waals surface area contributed by atoms with Crippen LogP contribution in [0.1, 0.15) is 12.1 Å². The lowest BCUT2D eigenvalue weighted by Crippen LogP contribution is -2.16. The van der Waals surface area contributed by atoms with Crippen molar-refractivity contribution in [2.75, 3.05) is 11.3 Å². The third-order valence-electron chi connectivity index (χ3n) is 4.10. The van der Waals surface area contributed by atoms with Gasteiger partial charge in [-0.2, -0.15) is 18.3 Å². The van der Waals surface area contributed by atoms with Crippen LogP contribution in [0.25, 0.3) is 11.1 Å². The van der Waals surface area contributed by atoms with Gasteiger partial charge in [-0.3, -0.25) is 9.40 Å². The fraction of sp³-hybridized carbons (Fsp3) is 0.211. The smallest absolute Gasteiger partial charge is 0.396 e. The Bertz CT molecular complexity index is 1070. The average molecular weight is 425 g/mol. The number of sulfonamides is 1. The highest BCUT2D eigenvalue weighted by atomic mass is 32.2. The zero-order chi connectivity index (χ0) is 21.1. The summed E-state index contributed by atoms with van der Waals surface area (Å²) in [4.78, 5) is -0.0996. The van der Waals surface area contributed by atoms with Gasteiger partial charge in [0.2, 0.25) is 0 Å². The number of aliphatic hydroxyl groups excluding tert-OH is 1. The number of rotatable bonds is 7. The standard InChI is InChI=1S/C19H18F3N3O3S/c20-19(21,22)17-16(14-8-3-1-4-9-14)18(23-25(17)12-7-13-26)24-29(27,28)15-10-5-2-6-11-15/h1-6,8-11,26H,7,12-13H2,(H,23,24). The lowest BCUT2D eigenvalue weighted by atomic mass is 10.1. The van der Waals surface area contributed by atoms with Crippen LogP contribution in [0, 0.1) is 0 Å². The van der Waals surface area contributed by atoms with E-state index in [0.717, 1.165) is 0 Å². The SMILES string of the molecule is O=S(=O)(Nc1nn(CCCO)c(C(F)(F)F)c1-c1ccccc1)c1ccccc1. The van der Waals surface area contributed by atoms with Gasteiger partial charge in [0.05, 0.1) is 10.5 Å². The summed E-state index contributed by atoms with van der Waals surface area (Å²) >= 11 is 0. The Kier molecular flexibility index (Phi) is 5.94. The number of anilines is 1. The number of benzene rings is 2. The molecule has 0 atom stereocenters. The van der Waals surface area contributed by atoms with Gasteiger partial charge in [-0.05, 0) is 24.1 Å². The third kappa shape index (κ3) is 4.60. The Labute approximate surface area is 165 Å². The van der Waals surface area contributed by atoms with Gasteiger partial charge in [-0.15, -0.1) is 0 Å². The molecule has 0 fully saturated rings. The first-order chi connectivity index (χ1) is 13.7. The van der Waals surface area contributed by atoms with E-state index >= 15 is 0 Å². The van der Waals surface area contributed by atoms with Crippen LogP contribution >= 0.6 is 0 Å². The maximum atomic E-state index is 13.9. The van der Waals surface area contributed by atoms with E-state index < -0.39 is 27.7 Å². The Hall–Kier alpha value is -2.85. The monoisotopic (exact) mass is 425 g/mol. The van der Waals surface area contributed by atoms with Crippen molar-refractivity contribution in [3.05, 3.63) is 66.4 Å². The lowest BCUT2D eigenvalue weighted by molar-refractivity contribution is -0.143. The van der Waals surface area contributed by atoms with E-state index in [9.17, 15) is 21.6 Å². The highest BCUT2D eigenvalue weighted by Gasteiger charge is 2.41. The molecule has 2 aromatic carbocycles. The largest absolute Gasteiger partial charge is 0.433 e. The number of aromatic nitrogens is 2. The Morgan fingerprint density at radius 3 is 2.14 bits per heavy atom. The number of nitrogens with zero attached hydrogens (tertiary/aromatic N) is 2. The molecule has 0 aliphatic carbocycles. The van der Waals surface area contributed by atoms with Crippen LogP contribution in [-0.4, -0.2) is 29.9 Å². The van der Waals surface area contributed by atoms with E-state index in [0.29, 0.717) is 4.68 Å². The minimum Gasteiger partial charge on any atom is -0.396 e. The van der Waals surface area contributed by atoms with E-state index in [2.05, 4.69) is 9.82 Å². The minimum atomic E-state index is -4.79. The van der Waals surface area contributed by atoms with Crippen molar-refractivity contribution in [2.24, 2.45) is 0 Å². The van der Waals surface area contributed by atoms with Crippen LogP contribution in [-0.2, 0) is 22.7 Å². The topological polar surface area (TPSA) is 84.2 Å². The molecule has 3 rings (SSSR count). The van der Waals surface area contributed by atoms with Gasteiger partial charge in [-0.1, -0.05) is 48.5 Å². The molecule has 0 radical (unpaired) electrons. The summed E-state index contributed by atoms with van der Waals surface area (Å²) < 4.78 is 69.9. The van der Waals surface area contributed by atoms with Gasteiger partial charge in [0.1, 0.15) is 0 Å². The molecule has 2 N–H and O–H groups in total. The van der Waals surface area contributed by atoms with Crippen molar-refractivity contribution >= 4 is 15.8 Å². The number of halogens is 3. The molecule has 29 heavy (non-hydrogen) atoms. The van der Waals surface area contributed by atoms with Crippen molar-refractivity contribution < 1.29 is 26.7 Å². The highest BCUT2D eigenvalue weighted by molar-refractivity contribution is 7.92. The molecule has 0 saturated heterocycles. The Morgan fingerprint density at radius 2 is 1.59 bits per heavy atom. The predicted octanol–water partition coefficient (Wildman–Crippen LogP) is 3.75. The minimum absolute atomic E-state index is 0.0316. The first-order valence-corrected chi connectivity index (χ1v) is 10.1. The molecule has 0 saturated carbocycles. The average Bonchev–Trinajstić information content (AvgIpc) is 3.05. The molecule has 0 spiro atoms. The number of aliphatic hydroxyl groups is 1. The molecule has 1 aromatic heterocycles. The van der Waals surface area contributed by atoms with E-state index in [1.807, 2.05) is 0 Å². The molecule has 154 valence electrons. The second-order valence-corrected chi connectivity index (χ2v) is 7.84. The van der Waals surface area contributed by atoms with Gasteiger partial charge in [0.25, 0.3) is 10.0 Å². The molecule has 0 aliphatic rings. The summed E-state index contributed by atoms with van der Waals surface area (Å²) in [5.74, 6) is -0.426. The first-order valence-electron chi connectivity index (χ1n) is 8.66. The van der Waals surface area contributed by atoms with Crippen molar-refractivity contribution in [2.45, 2.75) is 24.0 Å². The van der Waals surface area contributed by atoms with Crippen molar-refractivity contribution in [3.63, 3.8) is 0 Å². The molecule has 0 unspecified atom stereocenters. The van der Waals surface area contributed by atoms with Crippen LogP contribution in [0.3, 0.4) is 0 Å². The molecule has 0 amide bonds. The maximum absolute atomic E-state index is 13.9. The van der Waals surface area contributed by atoms with Crippen molar-refractivity contribution in [3.8, 4) is 11.1 Å². The third-order valence-corrected chi connectivity index (χ3v) is 5.45. The van der Waals surface area contributed by atoms with Crippen LogP contribution in [0.15, 0.2) is 65.6 Å². The van der Waals surface area contributed by atoms with Gasteiger partial charge in [-0.25, -0.2) is 8.42 Å². The quantitative estimate of drug-likeness (QED) is 0.604. The van der Waals surface area contributed by atoms with Crippen molar-refractivity contribution in [1.82, 2.24) is 9.78 Å². The first kappa shape index (κ1) is 20.9. The number of aryl methyl sites for hydroxylation is 1. The van der Waals surface area contributed by atoms with Crippen LogP contribution in [0.4, 0.5) is 19.0 Å². The van der Waals surface area contributed by atoms with Gasteiger partial charge < -0.3 is 5.11 Å². The second-order valence-electron chi connectivity index (χ2n) is 6.15. The zero-order valence-corrected chi connectivity index (χ0v) is 15.9. The molecule has 6 nitrogen and oxygen atoms in total. The van der Waals surface area contributed by atoms with Crippen LogP contribution in [0.5, 0.6) is 0 Å². The molecule has 0 bridgehead atoms. The van der Waals surface area contributed by atoms with Crippen LogP contribution < -0.4 is 4.72 Å². The fourth-order valence-electron chi connectivity index (χ4n) is 2.87. The summed E-state index contributed by atoms with van der Waals surface area (Å²) in [7, 11) is -4.16. The Balaban J connectivity index is 2.19. The van der Waals surface area contributed by atoms with E-state index in [1.165, 1.54) is 36.4 Å². The summed E-state index contributed by atoms with van der Waals surface area (Å²) in [6, 6.07) is 14.9. The van der Waals surface area contributed by atoms with E-state index in [4.69, 9.17) is 5.11 Å². The van der Waals surface area contributed by atoms with Gasteiger partial charge in [0.15, 0.2) is 11.5 Å². The fourth-order valence-corrected chi connectivity index (χ4v) is 3.90. The normalized spacial score (nSPS) is 12.1. The molecule has 3 aromatic rings. The summed E-state index contributed by atoms with van der Waals surface area (Å²) in [5.41, 5.74) is -1.28. The highest BCUT2D eigenvalue weighted by Crippen LogP contribution is 2.42. The van der Waals surface area contributed by atoms with Gasteiger partial charge in [0, 0.05) is 13.2 Å².